The molecule has 1 aliphatic heterocycles. The maximum absolute atomic E-state index is 13.5. The highest BCUT2D eigenvalue weighted by Gasteiger charge is 2.39. The predicted octanol–water partition coefficient (Wildman–Crippen LogP) is 4.21. The van der Waals surface area contributed by atoms with Gasteiger partial charge in [0.15, 0.2) is 11.5 Å². The van der Waals surface area contributed by atoms with Gasteiger partial charge in [-0.3, -0.25) is 0 Å². The molecule has 3 nitrogen and oxygen atoms in total. The molecule has 4 rings (SSSR count). The number of anilines is 1. The van der Waals surface area contributed by atoms with Crippen molar-refractivity contribution in [1.29, 1.82) is 0 Å². The van der Waals surface area contributed by atoms with Crippen LogP contribution in [0, 0.1) is 0 Å². The van der Waals surface area contributed by atoms with Gasteiger partial charge in [0.1, 0.15) is 0 Å². The highest BCUT2D eigenvalue weighted by molar-refractivity contribution is 5.76. The lowest BCUT2D eigenvalue weighted by molar-refractivity contribution is -0.140. The van der Waals surface area contributed by atoms with Crippen LogP contribution >= 0.6 is 0 Å². The fourth-order valence-corrected chi connectivity index (χ4v) is 3.08. The van der Waals surface area contributed by atoms with Crippen LogP contribution in [0.25, 0.3) is 11.0 Å². The molecule has 6 heteroatoms. The molecular weight excluding hydrogens is 315 g/mol. The van der Waals surface area contributed by atoms with E-state index >= 15 is 0 Å². The molecular formula is C18H14F3N3. The summed E-state index contributed by atoms with van der Waals surface area (Å²) in [7, 11) is 0. The molecule has 2 heterocycles. The van der Waals surface area contributed by atoms with E-state index in [9.17, 15) is 13.2 Å². The van der Waals surface area contributed by atoms with Gasteiger partial charge in [-0.1, -0.05) is 36.4 Å². The van der Waals surface area contributed by atoms with E-state index in [1.165, 1.54) is 5.56 Å². The van der Waals surface area contributed by atoms with Gasteiger partial charge in [0.2, 0.25) is 0 Å². The number of nitrogens with zero attached hydrogens (tertiary/aromatic N) is 3. The van der Waals surface area contributed by atoms with E-state index in [0.29, 0.717) is 25.0 Å². The van der Waals surface area contributed by atoms with Gasteiger partial charge in [-0.15, -0.1) is 0 Å². The molecule has 0 fully saturated rings. The van der Waals surface area contributed by atoms with E-state index in [2.05, 4.69) is 9.97 Å². The minimum atomic E-state index is -4.54. The Hall–Kier alpha value is -2.63. The van der Waals surface area contributed by atoms with Crippen LogP contribution in [0.1, 0.15) is 16.8 Å². The molecule has 0 saturated carbocycles. The van der Waals surface area contributed by atoms with E-state index in [4.69, 9.17) is 0 Å². The number of rotatable bonds is 1. The first-order chi connectivity index (χ1) is 11.5. The molecule has 0 spiro atoms. The van der Waals surface area contributed by atoms with Crippen LogP contribution in [0.4, 0.5) is 19.0 Å². The van der Waals surface area contributed by atoms with Crippen LogP contribution in [-0.4, -0.2) is 16.5 Å². The van der Waals surface area contributed by atoms with E-state index in [1.54, 1.807) is 29.2 Å². The average Bonchev–Trinajstić information content (AvgIpc) is 2.59. The molecule has 0 saturated heterocycles. The van der Waals surface area contributed by atoms with E-state index in [-0.39, 0.29) is 11.3 Å². The topological polar surface area (TPSA) is 29.0 Å². The van der Waals surface area contributed by atoms with Crippen LogP contribution in [0.5, 0.6) is 0 Å². The Labute approximate surface area is 136 Å². The van der Waals surface area contributed by atoms with Crippen molar-refractivity contribution >= 4 is 16.9 Å². The van der Waals surface area contributed by atoms with Crippen LogP contribution in [-0.2, 0) is 19.1 Å². The number of benzene rings is 2. The molecule has 0 radical (unpaired) electrons. The Kier molecular flexibility index (Phi) is 3.40. The van der Waals surface area contributed by atoms with Crippen LogP contribution < -0.4 is 4.90 Å². The maximum atomic E-state index is 13.5. The second-order valence-electron chi connectivity index (χ2n) is 5.82. The first-order valence-corrected chi connectivity index (χ1v) is 7.68. The summed E-state index contributed by atoms with van der Waals surface area (Å²) in [4.78, 5) is 9.80. The number of halogens is 3. The van der Waals surface area contributed by atoms with Gasteiger partial charge in [0.05, 0.1) is 11.0 Å². The van der Waals surface area contributed by atoms with Crippen LogP contribution in [0.15, 0.2) is 48.5 Å². The summed E-state index contributed by atoms with van der Waals surface area (Å²) in [5.74, 6) is -0.0873. The quantitative estimate of drug-likeness (QED) is 0.670. The third-order valence-corrected chi connectivity index (χ3v) is 4.25. The number of hydrogen-bond acceptors (Lipinski definition) is 3. The van der Waals surface area contributed by atoms with Gasteiger partial charge in [-0.2, -0.15) is 13.2 Å². The standard InChI is InChI=1S/C18H14F3N3/c19-18(20,21)16-17(23-15-8-4-3-7-14(15)22-16)24-10-9-12-5-1-2-6-13(12)11-24/h1-8H,9-11H2. The third-order valence-electron chi connectivity index (χ3n) is 4.25. The van der Waals surface area contributed by atoms with Crippen molar-refractivity contribution in [2.24, 2.45) is 0 Å². The Morgan fingerprint density at radius 1 is 0.833 bits per heavy atom. The Bertz CT molecular complexity index is 905. The predicted molar refractivity (Wildman–Crippen MR) is 85.7 cm³/mol. The zero-order valence-corrected chi connectivity index (χ0v) is 12.7. The van der Waals surface area contributed by atoms with Gasteiger partial charge in [0.25, 0.3) is 0 Å². The monoisotopic (exact) mass is 329 g/mol. The fraction of sp³-hybridized carbons (Fsp3) is 0.222. The average molecular weight is 329 g/mol. The van der Waals surface area contributed by atoms with E-state index in [0.717, 1.165) is 5.56 Å². The second kappa shape index (κ2) is 5.47. The summed E-state index contributed by atoms with van der Waals surface area (Å²) in [6, 6.07) is 14.5. The van der Waals surface area contributed by atoms with Crippen LogP contribution in [0.3, 0.4) is 0 Å². The Morgan fingerprint density at radius 2 is 1.46 bits per heavy atom. The highest BCUT2D eigenvalue weighted by Crippen LogP contribution is 2.36. The molecule has 24 heavy (non-hydrogen) atoms. The molecule has 0 amide bonds. The summed E-state index contributed by atoms with van der Waals surface area (Å²) in [6.45, 7) is 0.902. The smallest absolute Gasteiger partial charge is 0.350 e. The van der Waals surface area contributed by atoms with Gasteiger partial charge in [-0.25, -0.2) is 9.97 Å². The minimum absolute atomic E-state index is 0.0873. The van der Waals surface area contributed by atoms with Crippen molar-refractivity contribution in [2.75, 3.05) is 11.4 Å². The molecule has 0 atom stereocenters. The maximum Gasteiger partial charge on any atom is 0.437 e. The number of alkyl halides is 3. The lowest BCUT2D eigenvalue weighted by atomic mass is 10.00. The van der Waals surface area contributed by atoms with Gasteiger partial charge < -0.3 is 4.90 Å². The number of aromatic nitrogens is 2. The first-order valence-electron chi connectivity index (χ1n) is 7.68. The van der Waals surface area contributed by atoms with Crippen molar-refractivity contribution in [2.45, 2.75) is 19.1 Å². The second-order valence-corrected chi connectivity index (χ2v) is 5.82. The lowest BCUT2D eigenvalue weighted by Gasteiger charge is -2.31. The molecule has 2 aromatic carbocycles. The number of hydrogen-bond donors (Lipinski definition) is 0. The Balaban J connectivity index is 1.84. The summed E-state index contributed by atoms with van der Waals surface area (Å²) in [5.41, 5.74) is 2.02. The molecule has 0 bridgehead atoms. The molecule has 0 N–H and O–H groups in total. The molecule has 0 aliphatic carbocycles. The first kappa shape index (κ1) is 14.9. The molecule has 3 aromatic rings. The van der Waals surface area contributed by atoms with E-state index < -0.39 is 11.9 Å². The van der Waals surface area contributed by atoms with Gasteiger partial charge in [0, 0.05) is 13.1 Å². The van der Waals surface area contributed by atoms with Crippen molar-refractivity contribution in [3.05, 3.63) is 65.4 Å². The SMILES string of the molecule is FC(F)(F)c1nc2ccccc2nc1N1CCc2ccccc2C1. The van der Waals surface area contributed by atoms with Gasteiger partial charge in [-0.05, 0) is 29.7 Å². The zero-order chi connectivity index (χ0) is 16.7. The summed E-state index contributed by atoms with van der Waals surface area (Å²) in [5, 5.41) is 0. The van der Waals surface area contributed by atoms with Crippen molar-refractivity contribution in [3.63, 3.8) is 0 Å². The summed E-state index contributed by atoms with van der Waals surface area (Å²) < 4.78 is 40.5. The molecule has 1 aromatic heterocycles. The summed E-state index contributed by atoms with van der Waals surface area (Å²) >= 11 is 0. The van der Waals surface area contributed by atoms with Gasteiger partial charge >= 0.3 is 6.18 Å². The minimum Gasteiger partial charge on any atom is -0.350 e. The van der Waals surface area contributed by atoms with Crippen LogP contribution in [0.2, 0.25) is 0 Å². The fourth-order valence-electron chi connectivity index (χ4n) is 3.08. The molecule has 1 aliphatic rings. The lowest BCUT2D eigenvalue weighted by Crippen LogP contribution is -2.33. The molecule has 122 valence electrons. The largest absolute Gasteiger partial charge is 0.437 e. The van der Waals surface area contributed by atoms with Crippen molar-refractivity contribution in [3.8, 4) is 0 Å². The normalized spacial score (nSPS) is 14.7. The van der Waals surface area contributed by atoms with Crippen molar-refractivity contribution < 1.29 is 13.2 Å². The summed E-state index contributed by atoms with van der Waals surface area (Å²) in [6.07, 6.45) is -3.84. The van der Waals surface area contributed by atoms with Crippen molar-refractivity contribution in [1.82, 2.24) is 9.97 Å². The third kappa shape index (κ3) is 2.58. The zero-order valence-electron chi connectivity index (χ0n) is 12.7. The number of para-hydroxylation sites is 2. The van der Waals surface area contributed by atoms with E-state index in [1.807, 2.05) is 24.3 Å². The number of fused-ring (bicyclic) bond motifs is 2. The Morgan fingerprint density at radius 3 is 2.17 bits per heavy atom. The molecule has 0 unspecified atom stereocenters. The highest BCUT2D eigenvalue weighted by atomic mass is 19.4.